The summed E-state index contributed by atoms with van der Waals surface area (Å²) in [4.78, 5) is 11.8. The number of hydrogen-bond donors (Lipinski definition) is 2. The first kappa shape index (κ1) is 14.6. The van der Waals surface area contributed by atoms with Crippen LogP contribution in [0.25, 0.3) is 0 Å². The third-order valence-corrected chi connectivity index (χ3v) is 3.76. The summed E-state index contributed by atoms with van der Waals surface area (Å²) in [6, 6.07) is 9.95. The summed E-state index contributed by atoms with van der Waals surface area (Å²) in [7, 11) is 0. The molecule has 1 aliphatic rings. The van der Waals surface area contributed by atoms with E-state index in [4.69, 9.17) is 0 Å². The van der Waals surface area contributed by atoms with Gasteiger partial charge in [-0.25, -0.2) is 4.79 Å². The number of allylic oxidation sites excluding steroid dienone is 1. The van der Waals surface area contributed by atoms with Gasteiger partial charge in [-0.05, 0) is 44.6 Å². The highest BCUT2D eigenvalue weighted by Gasteiger charge is 2.09. The quantitative estimate of drug-likeness (QED) is 0.783. The van der Waals surface area contributed by atoms with Gasteiger partial charge in [0.2, 0.25) is 0 Å². The monoisotopic (exact) mass is 272 g/mol. The van der Waals surface area contributed by atoms with Crippen molar-refractivity contribution in [3.8, 4) is 0 Å². The van der Waals surface area contributed by atoms with Crippen molar-refractivity contribution >= 4 is 6.03 Å². The van der Waals surface area contributed by atoms with E-state index >= 15 is 0 Å². The number of urea groups is 1. The fraction of sp³-hybridized carbons (Fsp3) is 0.471. The fourth-order valence-corrected chi connectivity index (χ4v) is 2.54. The normalized spacial score (nSPS) is 16.1. The standard InChI is InChI=1S/C17H24N2O/c1-14(16-10-6-3-7-11-16)19-17(20)18-13-12-15-8-4-2-5-9-15/h3,6-8,10-11,14H,2,4-5,9,12-13H2,1H3,(H2,18,19,20). The lowest BCUT2D eigenvalue weighted by atomic mass is 9.97. The van der Waals surface area contributed by atoms with E-state index < -0.39 is 0 Å². The van der Waals surface area contributed by atoms with Gasteiger partial charge in [0.25, 0.3) is 0 Å². The zero-order valence-corrected chi connectivity index (χ0v) is 12.2. The second-order valence-corrected chi connectivity index (χ2v) is 5.39. The molecule has 0 aliphatic heterocycles. The number of amides is 2. The molecule has 2 N–H and O–H groups in total. The number of hydrogen-bond acceptors (Lipinski definition) is 1. The Balaban J connectivity index is 1.69. The first-order valence-electron chi connectivity index (χ1n) is 7.53. The second kappa shape index (κ2) is 7.73. The molecule has 108 valence electrons. The molecule has 1 unspecified atom stereocenters. The molecule has 0 saturated carbocycles. The highest BCUT2D eigenvalue weighted by atomic mass is 16.2. The molecular formula is C17H24N2O. The van der Waals surface area contributed by atoms with Gasteiger partial charge < -0.3 is 10.6 Å². The molecule has 2 amide bonds. The van der Waals surface area contributed by atoms with E-state index in [1.165, 1.54) is 31.3 Å². The van der Waals surface area contributed by atoms with Crippen molar-refractivity contribution in [2.45, 2.75) is 45.1 Å². The summed E-state index contributed by atoms with van der Waals surface area (Å²) in [5, 5.41) is 5.90. The Kier molecular flexibility index (Phi) is 5.66. The largest absolute Gasteiger partial charge is 0.338 e. The van der Waals surface area contributed by atoms with Gasteiger partial charge in [0.15, 0.2) is 0 Å². The molecule has 0 fully saturated rings. The molecule has 3 heteroatoms. The molecule has 1 aromatic carbocycles. The van der Waals surface area contributed by atoms with Gasteiger partial charge in [-0.3, -0.25) is 0 Å². The van der Waals surface area contributed by atoms with Crippen molar-refractivity contribution in [2.75, 3.05) is 6.54 Å². The molecule has 0 spiro atoms. The van der Waals surface area contributed by atoms with E-state index in [0.29, 0.717) is 0 Å². The van der Waals surface area contributed by atoms with E-state index in [9.17, 15) is 4.79 Å². The van der Waals surface area contributed by atoms with Crippen LogP contribution in [-0.2, 0) is 0 Å². The van der Waals surface area contributed by atoms with Crippen molar-refractivity contribution in [1.29, 1.82) is 0 Å². The molecule has 0 saturated heterocycles. The van der Waals surface area contributed by atoms with Gasteiger partial charge in [0.1, 0.15) is 0 Å². The predicted molar refractivity (Wildman–Crippen MR) is 82.6 cm³/mol. The van der Waals surface area contributed by atoms with Gasteiger partial charge in [-0.1, -0.05) is 42.0 Å². The smallest absolute Gasteiger partial charge is 0.315 e. The van der Waals surface area contributed by atoms with Crippen LogP contribution >= 0.6 is 0 Å². The van der Waals surface area contributed by atoms with Crippen molar-refractivity contribution in [3.63, 3.8) is 0 Å². The van der Waals surface area contributed by atoms with E-state index in [0.717, 1.165) is 18.5 Å². The first-order valence-corrected chi connectivity index (χ1v) is 7.53. The SMILES string of the molecule is CC(NC(=O)NCCC1=CCCCC1)c1ccccc1. The zero-order chi connectivity index (χ0) is 14.2. The summed E-state index contributed by atoms with van der Waals surface area (Å²) < 4.78 is 0. The Morgan fingerprint density at radius 1 is 1.25 bits per heavy atom. The van der Waals surface area contributed by atoms with Crippen molar-refractivity contribution in [3.05, 3.63) is 47.5 Å². The van der Waals surface area contributed by atoms with Gasteiger partial charge >= 0.3 is 6.03 Å². The number of benzene rings is 1. The zero-order valence-electron chi connectivity index (χ0n) is 12.2. The minimum absolute atomic E-state index is 0.0325. The van der Waals surface area contributed by atoms with Crippen LogP contribution in [0.2, 0.25) is 0 Å². The molecule has 0 radical (unpaired) electrons. The molecule has 3 nitrogen and oxygen atoms in total. The van der Waals surface area contributed by atoms with Gasteiger partial charge in [0, 0.05) is 6.54 Å². The molecule has 1 aromatic rings. The third-order valence-electron chi connectivity index (χ3n) is 3.76. The number of rotatable bonds is 5. The summed E-state index contributed by atoms with van der Waals surface area (Å²) in [5.74, 6) is 0. The average molecular weight is 272 g/mol. The summed E-state index contributed by atoms with van der Waals surface area (Å²) in [6.45, 7) is 2.72. The van der Waals surface area contributed by atoms with Crippen LogP contribution < -0.4 is 10.6 Å². The van der Waals surface area contributed by atoms with Gasteiger partial charge in [0.05, 0.1) is 6.04 Å². The highest BCUT2D eigenvalue weighted by molar-refractivity contribution is 5.74. The lowest BCUT2D eigenvalue weighted by molar-refractivity contribution is 0.238. The summed E-state index contributed by atoms with van der Waals surface area (Å²) in [6.07, 6.45) is 8.31. The lowest BCUT2D eigenvalue weighted by Crippen LogP contribution is -2.37. The summed E-state index contributed by atoms with van der Waals surface area (Å²) >= 11 is 0. The van der Waals surface area contributed by atoms with Gasteiger partial charge in [-0.15, -0.1) is 0 Å². The van der Waals surface area contributed by atoms with Crippen LogP contribution in [0.3, 0.4) is 0 Å². The Labute approximate surface area is 121 Å². The number of carbonyl (C=O) groups excluding carboxylic acids is 1. The molecule has 1 atom stereocenters. The maximum atomic E-state index is 11.8. The molecule has 0 bridgehead atoms. The number of nitrogens with one attached hydrogen (secondary N) is 2. The fourth-order valence-electron chi connectivity index (χ4n) is 2.54. The molecule has 20 heavy (non-hydrogen) atoms. The highest BCUT2D eigenvalue weighted by Crippen LogP contribution is 2.19. The molecule has 2 rings (SSSR count). The molecule has 0 heterocycles. The topological polar surface area (TPSA) is 41.1 Å². The Morgan fingerprint density at radius 2 is 2.05 bits per heavy atom. The van der Waals surface area contributed by atoms with E-state index in [2.05, 4.69) is 16.7 Å². The van der Waals surface area contributed by atoms with E-state index in [1.807, 2.05) is 37.3 Å². The van der Waals surface area contributed by atoms with Crippen molar-refractivity contribution in [2.24, 2.45) is 0 Å². The van der Waals surface area contributed by atoms with Crippen molar-refractivity contribution < 1.29 is 4.79 Å². The first-order chi connectivity index (χ1) is 9.75. The maximum absolute atomic E-state index is 11.8. The maximum Gasteiger partial charge on any atom is 0.315 e. The minimum atomic E-state index is -0.0854. The predicted octanol–water partition coefficient (Wildman–Crippen LogP) is 3.94. The van der Waals surface area contributed by atoms with Crippen LogP contribution in [0.15, 0.2) is 42.0 Å². The van der Waals surface area contributed by atoms with E-state index in [1.54, 1.807) is 0 Å². The molecule has 1 aliphatic carbocycles. The molecule has 0 aromatic heterocycles. The van der Waals surface area contributed by atoms with Crippen LogP contribution in [0.1, 0.15) is 50.6 Å². The lowest BCUT2D eigenvalue weighted by Gasteiger charge is -2.16. The van der Waals surface area contributed by atoms with Crippen LogP contribution in [0.5, 0.6) is 0 Å². The van der Waals surface area contributed by atoms with Crippen LogP contribution in [-0.4, -0.2) is 12.6 Å². The number of carbonyl (C=O) groups is 1. The summed E-state index contributed by atoms with van der Waals surface area (Å²) in [5.41, 5.74) is 2.62. The van der Waals surface area contributed by atoms with E-state index in [-0.39, 0.29) is 12.1 Å². The Hall–Kier alpha value is -1.77. The minimum Gasteiger partial charge on any atom is -0.338 e. The van der Waals surface area contributed by atoms with Crippen LogP contribution in [0, 0.1) is 0 Å². The Morgan fingerprint density at radius 3 is 2.75 bits per heavy atom. The Bertz CT molecular complexity index is 453. The molecular weight excluding hydrogens is 248 g/mol. The van der Waals surface area contributed by atoms with Crippen molar-refractivity contribution in [1.82, 2.24) is 10.6 Å². The van der Waals surface area contributed by atoms with Crippen LogP contribution in [0.4, 0.5) is 4.79 Å². The van der Waals surface area contributed by atoms with Gasteiger partial charge in [-0.2, -0.15) is 0 Å². The average Bonchev–Trinajstić information content (AvgIpc) is 2.49. The second-order valence-electron chi connectivity index (χ2n) is 5.39. The third kappa shape index (κ3) is 4.72.